The molecule has 1 amide bonds. The van der Waals surface area contributed by atoms with Crippen molar-refractivity contribution in [1.29, 1.82) is 0 Å². The first-order valence-electron chi connectivity index (χ1n) is 6.19. The Morgan fingerprint density at radius 1 is 1.33 bits per heavy atom. The number of hydrogen-bond acceptors (Lipinski definition) is 3. The molecule has 0 spiro atoms. The van der Waals surface area contributed by atoms with E-state index in [1.165, 1.54) is 6.42 Å². The molecule has 18 heavy (non-hydrogen) atoms. The Morgan fingerprint density at radius 2 is 1.94 bits per heavy atom. The van der Waals surface area contributed by atoms with Crippen molar-refractivity contribution in [1.82, 2.24) is 5.06 Å². The van der Waals surface area contributed by atoms with Gasteiger partial charge in [0.15, 0.2) is 0 Å². The van der Waals surface area contributed by atoms with Gasteiger partial charge in [0.1, 0.15) is 11.5 Å². The molecular weight excluding hydrogens is 257 g/mol. The average Bonchev–Trinajstić information content (AvgIpc) is 2.68. The van der Waals surface area contributed by atoms with E-state index < -0.39 is 0 Å². The number of amides is 1. The molecule has 0 radical (unpaired) electrons. The van der Waals surface area contributed by atoms with Gasteiger partial charge in [0, 0.05) is 0 Å². The number of hydroxylamine groups is 2. The quantitative estimate of drug-likeness (QED) is 0.513. The van der Waals surface area contributed by atoms with Gasteiger partial charge in [0.2, 0.25) is 0 Å². The Hall–Kier alpha value is 0.346. The Morgan fingerprint density at radius 3 is 2.44 bits per heavy atom. The van der Waals surface area contributed by atoms with Crippen LogP contribution in [0.15, 0.2) is 10.5 Å². The van der Waals surface area contributed by atoms with Crippen LogP contribution in [-0.4, -0.2) is 73.6 Å². The zero-order chi connectivity index (χ0) is 12.4. The molecule has 5 heteroatoms. The van der Waals surface area contributed by atoms with Crippen LogP contribution >= 0.6 is 0 Å². The second-order valence-electron chi connectivity index (χ2n) is 4.77. The van der Waals surface area contributed by atoms with E-state index in [4.69, 9.17) is 4.42 Å². The first-order valence-corrected chi connectivity index (χ1v) is 6.19. The summed E-state index contributed by atoms with van der Waals surface area (Å²) in [6.45, 7) is 3.54. The summed E-state index contributed by atoms with van der Waals surface area (Å²) in [5.41, 5.74) is 0.468. The van der Waals surface area contributed by atoms with E-state index in [0.717, 1.165) is 30.7 Å². The van der Waals surface area contributed by atoms with Crippen molar-refractivity contribution in [2.75, 3.05) is 0 Å². The predicted octanol–water partition coefficient (Wildman–Crippen LogP) is 2.41. The molecule has 0 atom stereocenters. The van der Waals surface area contributed by atoms with Gasteiger partial charge in [0.25, 0.3) is 5.91 Å². The SMILES string of the molecule is Cc1cc(C(=O)N(O)C2CCCCC2)c(C)o1.[KH]. The summed E-state index contributed by atoms with van der Waals surface area (Å²) in [7, 11) is 0. The third-order valence-electron chi connectivity index (χ3n) is 3.40. The molecule has 2 rings (SSSR count). The topological polar surface area (TPSA) is 53.7 Å². The zero-order valence-electron chi connectivity index (χ0n) is 10.4. The molecule has 1 aliphatic rings. The first-order chi connectivity index (χ1) is 8.09. The van der Waals surface area contributed by atoms with E-state index in [2.05, 4.69) is 0 Å². The fraction of sp³-hybridized carbons (Fsp3) is 0.615. The van der Waals surface area contributed by atoms with Crippen molar-refractivity contribution in [3.8, 4) is 0 Å². The van der Waals surface area contributed by atoms with Gasteiger partial charge in [-0.05, 0) is 32.8 Å². The standard InChI is InChI=1S/C13H19NO3.K.H/c1-9-8-12(10(2)17-9)13(15)14(16)11-6-4-3-5-7-11;;/h8,11,16H,3-7H2,1-2H3;;. The number of aryl methyl sites for hydroxylation is 2. The van der Waals surface area contributed by atoms with Crippen LogP contribution in [0.3, 0.4) is 0 Å². The van der Waals surface area contributed by atoms with Gasteiger partial charge in [-0.25, -0.2) is 5.06 Å². The van der Waals surface area contributed by atoms with Crippen LogP contribution in [0, 0.1) is 13.8 Å². The average molecular weight is 277 g/mol. The van der Waals surface area contributed by atoms with Crippen LogP contribution in [0.1, 0.15) is 54.0 Å². The van der Waals surface area contributed by atoms with Gasteiger partial charge in [-0.2, -0.15) is 0 Å². The molecule has 1 saturated carbocycles. The molecule has 0 unspecified atom stereocenters. The third-order valence-corrected chi connectivity index (χ3v) is 3.40. The van der Waals surface area contributed by atoms with E-state index in [0.29, 0.717) is 17.1 Å². The third kappa shape index (κ3) is 3.68. The summed E-state index contributed by atoms with van der Waals surface area (Å²) >= 11 is 0. The fourth-order valence-corrected chi connectivity index (χ4v) is 2.46. The van der Waals surface area contributed by atoms with Gasteiger partial charge in [-0.1, -0.05) is 19.3 Å². The minimum atomic E-state index is -0.341. The van der Waals surface area contributed by atoms with Gasteiger partial charge in [-0.3, -0.25) is 10.0 Å². The number of rotatable bonds is 2. The zero-order valence-corrected chi connectivity index (χ0v) is 10.4. The monoisotopic (exact) mass is 277 g/mol. The summed E-state index contributed by atoms with van der Waals surface area (Å²) in [6.07, 6.45) is 5.13. The van der Waals surface area contributed by atoms with Gasteiger partial charge >= 0.3 is 51.4 Å². The molecule has 0 bridgehead atoms. The molecule has 96 valence electrons. The maximum absolute atomic E-state index is 12.1. The normalized spacial score (nSPS) is 16.2. The Bertz CT molecular complexity index is 410. The van der Waals surface area contributed by atoms with Crippen molar-refractivity contribution in [3.05, 3.63) is 23.2 Å². The maximum atomic E-state index is 12.1. The number of carbonyl (C=O) groups excluding carboxylic acids is 1. The second kappa shape index (κ2) is 7.21. The molecule has 1 N–H and O–H groups in total. The molecule has 1 aromatic rings. The summed E-state index contributed by atoms with van der Waals surface area (Å²) in [5.74, 6) is 0.927. The number of furan rings is 1. The van der Waals surface area contributed by atoms with Crippen LogP contribution in [0.25, 0.3) is 0 Å². The van der Waals surface area contributed by atoms with Crippen LogP contribution < -0.4 is 0 Å². The first kappa shape index (κ1) is 16.4. The fourth-order valence-electron chi connectivity index (χ4n) is 2.46. The molecule has 1 fully saturated rings. The summed E-state index contributed by atoms with van der Waals surface area (Å²) in [6, 6.07) is 1.65. The number of carbonyl (C=O) groups is 1. The summed E-state index contributed by atoms with van der Waals surface area (Å²) in [5, 5.41) is 10.9. The van der Waals surface area contributed by atoms with Gasteiger partial charge in [0.05, 0.1) is 11.6 Å². The van der Waals surface area contributed by atoms with Gasteiger partial charge in [-0.15, -0.1) is 0 Å². The van der Waals surface area contributed by atoms with E-state index in [1.807, 2.05) is 0 Å². The summed E-state index contributed by atoms with van der Waals surface area (Å²) in [4.78, 5) is 12.1. The Labute approximate surface area is 150 Å². The van der Waals surface area contributed by atoms with Crippen LogP contribution in [0.2, 0.25) is 0 Å². The van der Waals surface area contributed by atoms with Crippen molar-refractivity contribution < 1.29 is 14.4 Å². The molecule has 1 aliphatic carbocycles. The number of hydrogen-bond donors (Lipinski definition) is 1. The van der Waals surface area contributed by atoms with Gasteiger partial charge < -0.3 is 4.42 Å². The van der Waals surface area contributed by atoms with E-state index >= 15 is 0 Å². The second-order valence-corrected chi connectivity index (χ2v) is 4.77. The van der Waals surface area contributed by atoms with Crippen LogP contribution in [-0.2, 0) is 0 Å². The number of nitrogens with zero attached hydrogens (tertiary/aromatic N) is 1. The summed E-state index contributed by atoms with van der Waals surface area (Å²) < 4.78 is 5.31. The molecule has 4 nitrogen and oxygen atoms in total. The van der Waals surface area contributed by atoms with Crippen LogP contribution in [0.4, 0.5) is 0 Å². The van der Waals surface area contributed by atoms with Crippen molar-refractivity contribution in [2.24, 2.45) is 0 Å². The Balaban J connectivity index is 0.00000162. The molecule has 0 aromatic carbocycles. The van der Waals surface area contributed by atoms with E-state index in [-0.39, 0.29) is 63.3 Å². The molecule has 1 aromatic heterocycles. The van der Waals surface area contributed by atoms with E-state index in [1.54, 1.807) is 19.9 Å². The molecule has 0 aliphatic heterocycles. The van der Waals surface area contributed by atoms with Crippen molar-refractivity contribution >= 4 is 57.3 Å². The molecule has 0 saturated heterocycles. The predicted molar refractivity (Wildman–Crippen MR) is 70.2 cm³/mol. The molecule has 1 heterocycles. The van der Waals surface area contributed by atoms with E-state index in [9.17, 15) is 10.0 Å². The molecular formula is C13H20KNO3. The van der Waals surface area contributed by atoms with Crippen LogP contribution in [0.5, 0.6) is 0 Å². The van der Waals surface area contributed by atoms with Crippen molar-refractivity contribution in [3.63, 3.8) is 0 Å². The van der Waals surface area contributed by atoms with Crippen molar-refractivity contribution in [2.45, 2.75) is 52.0 Å². The minimum absolute atomic E-state index is 0. The Kier molecular flexibility index (Phi) is 6.57.